The number of hydrogen-bond donors (Lipinski definition) is 1. The van der Waals surface area contributed by atoms with Crippen LogP contribution in [0.15, 0.2) is 24.3 Å². The third-order valence-corrected chi connectivity index (χ3v) is 6.92. The Kier molecular flexibility index (Phi) is 7.65. The topological polar surface area (TPSA) is 66.5 Å². The summed E-state index contributed by atoms with van der Waals surface area (Å²) in [7, 11) is -3.29. The van der Waals surface area contributed by atoms with E-state index in [0.29, 0.717) is 18.6 Å². The molecule has 2 rings (SSSR count). The first-order valence-corrected chi connectivity index (χ1v) is 11.4. The van der Waals surface area contributed by atoms with Crippen molar-refractivity contribution in [2.45, 2.75) is 64.3 Å². The Bertz CT molecular complexity index is 693. The number of aryl methyl sites for hydroxylation is 1. The molecular formula is C20H32N2O3S. The first-order valence-electron chi connectivity index (χ1n) is 9.56. The lowest BCUT2D eigenvalue weighted by molar-refractivity contribution is -0.120. The molecule has 2 atom stereocenters. The van der Waals surface area contributed by atoms with Crippen LogP contribution in [0, 0.1) is 6.92 Å². The van der Waals surface area contributed by atoms with Crippen LogP contribution in [-0.2, 0) is 20.4 Å². The number of piperidine rings is 1. The van der Waals surface area contributed by atoms with Gasteiger partial charge in [0, 0.05) is 31.6 Å². The smallest absolute Gasteiger partial charge is 0.221 e. The number of carbonyl (C=O) groups is 1. The first-order chi connectivity index (χ1) is 12.3. The van der Waals surface area contributed by atoms with Gasteiger partial charge in [-0.05, 0) is 44.7 Å². The molecule has 0 radical (unpaired) electrons. The van der Waals surface area contributed by atoms with Crippen LogP contribution in [0.5, 0.6) is 0 Å². The van der Waals surface area contributed by atoms with Gasteiger partial charge in [0.05, 0.1) is 11.5 Å². The van der Waals surface area contributed by atoms with Gasteiger partial charge >= 0.3 is 0 Å². The van der Waals surface area contributed by atoms with E-state index < -0.39 is 9.84 Å². The van der Waals surface area contributed by atoms with Gasteiger partial charge in [-0.25, -0.2) is 8.42 Å². The van der Waals surface area contributed by atoms with Crippen molar-refractivity contribution < 1.29 is 13.2 Å². The van der Waals surface area contributed by atoms with Crippen LogP contribution in [0.1, 0.15) is 50.7 Å². The van der Waals surface area contributed by atoms with Crippen molar-refractivity contribution >= 4 is 15.7 Å². The van der Waals surface area contributed by atoms with Crippen molar-refractivity contribution in [2.24, 2.45) is 0 Å². The SMILES string of the molecule is Cc1ccccc1CS(=O)(=O)CCC(=O)NCCN1C(C)CCCC1C. The fourth-order valence-electron chi connectivity index (χ4n) is 3.66. The summed E-state index contributed by atoms with van der Waals surface area (Å²) in [6.45, 7) is 7.76. The summed E-state index contributed by atoms with van der Waals surface area (Å²) in [5.41, 5.74) is 1.77. The molecule has 1 aromatic carbocycles. The number of amides is 1. The number of likely N-dealkylation sites (tertiary alicyclic amines) is 1. The second-order valence-corrected chi connectivity index (χ2v) is 9.67. The molecule has 0 saturated carbocycles. The molecule has 0 aromatic heterocycles. The number of hydrogen-bond acceptors (Lipinski definition) is 4. The predicted molar refractivity (Wildman–Crippen MR) is 106 cm³/mol. The van der Waals surface area contributed by atoms with Crippen molar-refractivity contribution in [1.29, 1.82) is 0 Å². The fraction of sp³-hybridized carbons (Fsp3) is 0.650. The number of carbonyl (C=O) groups excluding carboxylic acids is 1. The summed E-state index contributed by atoms with van der Waals surface area (Å²) in [4.78, 5) is 14.4. The van der Waals surface area contributed by atoms with Crippen LogP contribution < -0.4 is 5.32 Å². The first kappa shape index (κ1) is 20.9. The summed E-state index contributed by atoms with van der Waals surface area (Å²) in [5.74, 6) is -0.296. The van der Waals surface area contributed by atoms with Crippen molar-refractivity contribution in [3.05, 3.63) is 35.4 Å². The molecule has 0 spiro atoms. The Balaban J connectivity index is 1.73. The van der Waals surface area contributed by atoms with Gasteiger partial charge in [0.2, 0.25) is 5.91 Å². The largest absolute Gasteiger partial charge is 0.355 e. The molecule has 1 fully saturated rings. The summed E-state index contributed by atoms with van der Waals surface area (Å²) in [5, 5.41) is 2.87. The molecule has 1 heterocycles. The number of sulfone groups is 1. The standard InChI is InChI=1S/C20H32N2O3S/c1-16-7-4-5-10-19(16)15-26(24,25)14-11-20(23)21-12-13-22-17(2)8-6-9-18(22)3/h4-5,7,10,17-18H,6,8-9,11-15H2,1-3H3,(H,21,23). The van der Waals surface area contributed by atoms with Crippen LogP contribution >= 0.6 is 0 Å². The van der Waals surface area contributed by atoms with E-state index in [1.165, 1.54) is 19.3 Å². The second kappa shape index (κ2) is 9.51. The molecule has 1 aromatic rings. The highest BCUT2D eigenvalue weighted by Crippen LogP contribution is 2.21. The third-order valence-electron chi connectivity index (χ3n) is 5.35. The monoisotopic (exact) mass is 380 g/mol. The summed E-state index contributed by atoms with van der Waals surface area (Å²) in [6, 6.07) is 8.56. The van der Waals surface area contributed by atoms with Crippen molar-refractivity contribution in [1.82, 2.24) is 10.2 Å². The zero-order valence-electron chi connectivity index (χ0n) is 16.2. The van der Waals surface area contributed by atoms with Crippen LogP contribution in [0.3, 0.4) is 0 Å². The van der Waals surface area contributed by atoms with Crippen molar-refractivity contribution in [3.8, 4) is 0 Å². The minimum atomic E-state index is -3.29. The molecule has 0 aliphatic carbocycles. The zero-order valence-corrected chi connectivity index (χ0v) is 17.0. The molecule has 2 unspecified atom stereocenters. The summed E-state index contributed by atoms with van der Waals surface area (Å²) < 4.78 is 24.6. The Hall–Kier alpha value is -1.40. The summed E-state index contributed by atoms with van der Waals surface area (Å²) in [6.07, 6.45) is 3.70. The van der Waals surface area contributed by atoms with Gasteiger partial charge in [0.1, 0.15) is 0 Å². The van der Waals surface area contributed by atoms with E-state index in [9.17, 15) is 13.2 Å². The minimum Gasteiger partial charge on any atom is -0.355 e. The molecule has 1 aliphatic heterocycles. The highest BCUT2D eigenvalue weighted by atomic mass is 32.2. The number of nitrogens with one attached hydrogen (secondary N) is 1. The molecule has 0 bridgehead atoms. The lowest BCUT2D eigenvalue weighted by atomic mass is 9.98. The lowest BCUT2D eigenvalue weighted by Crippen LogP contribution is -2.47. The van der Waals surface area contributed by atoms with E-state index in [-0.39, 0.29) is 23.8 Å². The summed E-state index contributed by atoms with van der Waals surface area (Å²) >= 11 is 0. The van der Waals surface area contributed by atoms with Crippen LogP contribution in [0.2, 0.25) is 0 Å². The van der Waals surface area contributed by atoms with Crippen molar-refractivity contribution in [2.75, 3.05) is 18.8 Å². The maximum absolute atomic E-state index is 12.3. The fourth-order valence-corrected chi connectivity index (χ4v) is 5.10. The molecule has 1 amide bonds. The maximum Gasteiger partial charge on any atom is 0.221 e. The Morgan fingerprint density at radius 2 is 1.85 bits per heavy atom. The molecule has 1 aliphatic rings. The number of benzene rings is 1. The van der Waals surface area contributed by atoms with Gasteiger partial charge in [-0.3, -0.25) is 9.69 Å². The highest BCUT2D eigenvalue weighted by molar-refractivity contribution is 7.90. The predicted octanol–water partition coefficient (Wildman–Crippen LogP) is 2.68. The van der Waals surface area contributed by atoms with E-state index in [1.807, 2.05) is 31.2 Å². The zero-order chi connectivity index (χ0) is 19.2. The van der Waals surface area contributed by atoms with E-state index in [2.05, 4.69) is 24.1 Å². The van der Waals surface area contributed by atoms with E-state index in [4.69, 9.17) is 0 Å². The minimum absolute atomic E-state index is 0.00421. The molecular weight excluding hydrogens is 348 g/mol. The van der Waals surface area contributed by atoms with Crippen LogP contribution in [-0.4, -0.2) is 50.2 Å². The van der Waals surface area contributed by atoms with Crippen LogP contribution in [0.4, 0.5) is 0 Å². The van der Waals surface area contributed by atoms with Gasteiger partial charge in [0.15, 0.2) is 9.84 Å². The maximum atomic E-state index is 12.3. The Morgan fingerprint density at radius 1 is 1.19 bits per heavy atom. The number of nitrogens with zero attached hydrogens (tertiary/aromatic N) is 1. The molecule has 26 heavy (non-hydrogen) atoms. The van der Waals surface area contributed by atoms with Crippen LogP contribution in [0.25, 0.3) is 0 Å². The second-order valence-electron chi connectivity index (χ2n) is 7.49. The Labute approximate surface area is 158 Å². The normalized spacial score (nSPS) is 21.5. The van der Waals surface area contributed by atoms with Gasteiger partial charge in [-0.15, -0.1) is 0 Å². The molecule has 1 saturated heterocycles. The average Bonchev–Trinajstić information content (AvgIpc) is 2.58. The third kappa shape index (κ3) is 6.40. The molecule has 1 N–H and O–H groups in total. The van der Waals surface area contributed by atoms with Gasteiger partial charge in [-0.1, -0.05) is 30.7 Å². The van der Waals surface area contributed by atoms with E-state index in [1.54, 1.807) is 0 Å². The van der Waals surface area contributed by atoms with Gasteiger partial charge in [-0.2, -0.15) is 0 Å². The highest BCUT2D eigenvalue weighted by Gasteiger charge is 2.24. The molecule has 146 valence electrons. The lowest BCUT2D eigenvalue weighted by Gasteiger charge is -2.39. The Morgan fingerprint density at radius 3 is 2.50 bits per heavy atom. The quantitative estimate of drug-likeness (QED) is 0.753. The van der Waals surface area contributed by atoms with E-state index >= 15 is 0 Å². The van der Waals surface area contributed by atoms with Gasteiger partial charge < -0.3 is 5.32 Å². The number of rotatable bonds is 8. The van der Waals surface area contributed by atoms with Crippen molar-refractivity contribution in [3.63, 3.8) is 0 Å². The van der Waals surface area contributed by atoms with Gasteiger partial charge in [0.25, 0.3) is 0 Å². The average molecular weight is 381 g/mol. The molecule has 6 heteroatoms. The van der Waals surface area contributed by atoms with E-state index in [0.717, 1.165) is 17.7 Å². The molecule has 5 nitrogen and oxygen atoms in total.